The Balaban J connectivity index is 0.698. The molecule has 7 rings (SSSR count). The summed E-state index contributed by atoms with van der Waals surface area (Å²) < 4.78 is 110. The van der Waals surface area contributed by atoms with Crippen LogP contribution in [0.5, 0.6) is 0 Å². The van der Waals surface area contributed by atoms with E-state index in [4.69, 9.17) is 42.4 Å². The molecule has 0 bridgehead atoms. The molecule has 93 heavy (non-hydrogen) atoms. The first kappa shape index (κ1) is 73.8. The van der Waals surface area contributed by atoms with Crippen molar-refractivity contribution < 1.29 is 92.4 Å². The summed E-state index contributed by atoms with van der Waals surface area (Å²) in [7, 11) is -8.84. The van der Waals surface area contributed by atoms with Crippen LogP contribution in [-0.4, -0.2) is 201 Å². The van der Waals surface area contributed by atoms with Crippen molar-refractivity contribution in [2.75, 3.05) is 136 Å². The number of amides is 3. The highest BCUT2D eigenvalue weighted by Crippen LogP contribution is 2.51. The van der Waals surface area contributed by atoms with Crippen molar-refractivity contribution in [2.45, 2.75) is 95.1 Å². The zero-order valence-electron chi connectivity index (χ0n) is 53.8. The highest BCUT2D eigenvalue weighted by atomic mass is 32.2. The van der Waals surface area contributed by atoms with Crippen LogP contribution in [0.25, 0.3) is 21.5 Å². The fraction of sp³-hybridized carbons (Fsp3) is 0.515. The lowest BCUT2D eigenvalue weighted by Gasteiger charge is -2.27. The number of ether oxygens (including phenoxy) is 8. The van der Waals surface area contributed by atoms with E-state index in [1.165, 1.54) is 44.1 Å². The number of hydrogen-bond acceptors (Lipinski definition) is 18. The second-order valence-corrected chi connectivity index (χ2v) is 26.7. The van der Waals surface area contributed by atoms with Gasteiger partial charge in [0.2, 0.25) is 11.6 Å². The minimum atomic E-state index is -4.80. The van der Waals surface area contributed by atoms with E-state index in [1.54, 1.807) is 0 Å². The van der Waals surface area contributed by atoms with Crippen LogP contribution in [0.4, 0.5) is 11.4 Å². The molecule has 25 heteroatoms. The van der Waals surface area contributed by atoms with Crippen LogP contribution >= 0.6 is 0 Å². The number of unbranched alkanes of at least 4 members (excludes halogenated alkanes) is 3. The third-order valence-corrected chi connectivity index (χ3v) is 17.9. The van der Waals surface area contributed by atoms with Crippen molar-refractivity contribution in [3.63, 3.8) is 0 Å². The van der Waals surface area contributed by atoms with Crippen LogP contribution in [0.2, 0.25) is 0 Å². The van der Waals surface area contributed by atoms with E-state index in [9.17, 15) is 40.6 Å². The molecule has 1 unspecified atom stereocenters. The van der Waals surface area contributed by atoms with Gasteiger partial charge in [0.25, 0.3) is 32.1 Å². The maximum atomic E-state index is 12.8. The van der Waals surface area contributed by atoms with E-state index in [2.05, 4.69) is 151 Å². The summed E-state index contributed by atoms with van der Waals surface area (Å²) in [6, 6.07) is 25.7. The normalized spacial score (nSPS) is 16.8. The largest absolute Gasteiger partial charge is 0.378 e. The second kappa shape index (κ2) is 36.9. The molecule has 1 atom stereocenters. The van der Waals surface area contributed by atoms with Gasteiger partial charge in [-0.25, -0.2) is 4.79 Å². The Morgan fingerprint density at radius 1 is 0.591 bits per heavy atom. The molecule has 0 aromatic heterocycles. The Kier molecular flexibility index (Phi) is 29.3. The standard InChI is InChI=1S/C68H90N4O19S2/c1-67(2)59(23-9-6-5-7-10-24-60-68(3,4)65-55-22-15-13-20-53(55)27-29-57(65)71(60)33-17-18-50-92(77,78)79)70(56-28-26-52-19-12-14-21-54(52)64(56)67)32-16-8-11-25-61(73)69-31-35-84-37-39-86-41-43-88-45-47-90-49-48-89-46-44-87-42-40-85-38-36-83-34-30-63(75)91-72-62(74)51-58(66(72)76)93(80,81)82/h5-7,9-10,12-15,19-24,26-29,58H,8,11,16-18,25,30-51H2,1-4H3,(H2-,69,73,77,78,79,80,81,82)/p+1. The van der Waals surface area contributed by atoms with Crippen molar-refractivity contribution in [1.29, 1.82) is 0 Å². The van der Waals surface area contributed by atoms with Crippen LogP contribution in [0.15, 0.2) is 121 Å². The maximum Gasteiger partial charge on any atom is 0.335 e. The number of carbonyl (C=O) groups excluding carboxylic acids is 4. The molecule has 1 fully saturated rings. The molecule has 4 aromatic rings. The molecule has 4 aromatic carbocycles. The van der Waals surface area contributed by atoms with Crippen LogP contribution in [0.1, 0.15) is 90.2 Å². The molecule has 1 saturated heterocycles. The van der Waals surface area contributed by atoms with E-state index in [0.29, 0.717) is 118 Å². The quantitative estimate of drug-likeness (QED) is 0.0124. The zero-order valence-corrected chi connectivity index (χ0v) is 55.5. The zero-order chi connectivity index (χ0) is 66.7. The Bertz CT molecular complexity index is 3550. The maximum absolute atomic E-state index is 12.8. The summed E-state index contributed by atoms with van der Waals surface area (Å²) in [5, 5.41) is 5.85. The fourth-order valence-electron chi connectivity index (χ4n) is 11.5. The van der Waals surface area contributed by atoms with Gasteiger partial charge in [-0.3, -0.25) is 23.5 Å². The van der Waals surface area contributed by atoms with Gasteiger partial charge in [0.05, 0.1) is 130 Å². The van der Waals surface area contributed by atoms with E-state index in [0.717, 1.165) is 37.2 Å². The summed E-state index contributed by atoms with van der Waals surface area (Å²) in [5.41, 5.74) is 6.65. The Morgan fingerprint density at radius 2 is 1.12 bits per heavy atom. The van der Waals surface area contributed by atoms with Crippen LogP contribution in [0, 0.1) is 0 Å². The SMILES string of the molecule is CC1(C)C(/C=C/C=C/C=C/C=C2\N(CCCCS(=O)(=O)O)c3ccc4ccccc4c3C2(C)C)=[N+](CCCCCC(=O)NCCOCCOCCOCCOCCOCCOCCOCCOCCC(=O)ON2C(=O)CC(S(=O)(=O)O)C2=O)c2ccc3ccccc3c21. The number of carbonyl (C=O) groups is 4. The lowest BCUT2D eigenvalue weighted by molar-refractivity contribution is -0.438. The third-order valence-electron chi connectivity index (χ3n) is 16.0. The van der Waals surface area contributed by atoms with Gasteiger partial charge in [-0.15, -0.1) is 5.06 Å². The van der Waals surface area contributed by atoms with E-state index >= 15 is 0 Å². The average Bonchev–Trinajstić information content (AvgIpc) is 1.59. The first-order valence-corrected chi connectivity index (χ1v) is 34.9. The highest BCUT2D eigenvalue weighted by molar-refractivity contribution is 7.87. The first-order valence-electron chi connectivity index (χ1n) is 31.8. The molecule has 3 aliphatic heterocycles. The lowest BCUT2D eigenvalue weighted by Crippen LogP contribution is -2.36. The Labute approximate surface area is 546 Å². The van der Waals surface area contributed by atoms with Crippen molar-refractivity contribution in [3.05, 3.63) is 132 Å². The molecular weight excluding hydrogens is 1240 g/mol. The summed E-state index contributed by atoms with van der Waals surface area (Å²) >= 11 is 0. The van der Waals surface area contributed by atoms with Crippen LogP contribution in [-0.2, 0) is 93.0 Å². The van der Waals surface area contributed by atoms with Gasteiger partial charge in [0, 0.05) is 60.4 Å². The first-order chi connectivity index (χ1) is 44.7. The fourth-order valence-corrected chi connectivity index (χ4v) is 12.8. The molecule has 0 saturated carbocycles. The predicted molar refractivity (Wildman–Crippen MR) is 353 cm³/mol. The van der Waals surface area contributed by atoms with Crippen molar-refractivity contribution in [3.8, 4) is 0 Å². The molecule has 0 aliphatic carbocycles. The smallest absolute Gasteiger partial charge is 0.335 e. The van der Waals surface area contributed by atoms with Crippen molar-refractivity contribution in [2.24, 2.45) is 0 Å². The monoisotopic (exact) mass is 1330 g/mol. The number of imide groups is 1. The van der Waals surface area contributed by atoms with E-state index in [1.807, 2.05) is 12.2 Å². The number of hydroxylamine groups is 2. The van der Waals surface area contributed by atoms with Gasteiger partial charge < -0.3 is 52.9 Å². The lowest BCUT2D eigenvalue weighted by atomic mass is 9.79. The Morgan fingerprint density at radius 3 is 1.69 bits per heavy atom. The molecular formula is C68H91N4O19S2+. The number of hydrogen-bond donors (Lipinski definition) is 3. The Hall–Kier alpha value is -6.59. The minimum Gasteiger partial charge on any atom is -0.378 e. The van der Waals surface area contributed by atoms with Gasteiger partial charge >= 0.3 is 5.97 Å². The number of nitrogens with one attached hydrogen (secondary N) is 1. The molecule has 3 N–H and O–H groups in total. The van der Waals surface area contributed by atoms with Crippen molar-refractivity contribution >= 4 is 82.6 Å². The molecule has 3 aliphatic rings. The van der Waals surface area contributed by atoms with Gasteiger partial charge in [0.1, 0.15) is 6.54 Å². The number of allylic oxidation sites excluding steroid dienone is 8. The number of fused-ring (bicyclic) bond motifs is 6. The topological polar surface area (TPSA) is 282 Å². The number of nitrogens with zero attached hydrogens (tertiary/aromatic N) is 3. The molecule has 3 amide bonds. The number of rotatable bonds is 44. The molecule has 508 valence electrons. The predicted octanol–water partition coefficient (Wildman–Crippen LogP) is 8.06. The summed E-state index contributed by atoms with van der Waals surface area (Å²) in [6.07, 6.45) is 17.6. The summed E-state index contributed by atoms with van der Waals surface area (Å²) in [5.74, 6) is -3.62. The van der Waals surface area contributed by atoms with Crippen molar-refractivity contribution in [1.82, 2.24) is 10.4 Å². The van der Waals surface area contributed by atoms with Gasteiger partial charge in [-0.1, -0.05) is 98.8 Å². The van der Waals surface area contributed by atoms with Gasteiger partial charge in [-0.2, -0.15) is 21.4 Å². The van der Waals surface area contributed by atoms with Gasteiger partial charge in [-0.05, 0) is 84.8 Å². The van der Waals surface area contributed by atoms with Crippen LogP contribution in [0.3, 0.4) is 0 Å². The van der Waals surface area contributed by atoms with E-state index < -0.39 is 49.7 Å². The number of benzene rings is 4. The third kappa shape index (κ3) is 22.3. The second-order valence-electron chi connectivity index (χ2n) is 23.5. The summed E-state index contributed by atoms with van der Waals surface area (Å²) in [4.78, 5) is 55.3. The molecule has 0 spiro atoms. The summed E-state index contributed by atoms with van der Waals surface area (Å²) in [6.45, 7) is 16.2. The molecule has 3 heterocycles. The number of anilines is 1. The molecule has 0 radical (unpaired) electrons. The molecule has 23 nitrogen and oxygen atoms in total. The van der Waals surface area contributed by atoms with Gasteiger partial charge in [0.15, 0.2) is 11.0 Å². The van der Waals surface area contributed by atoms with Crippen LogP contribution < -0.4 is 10.2 Å². The average molecular weight is 1330 g/mol. The highest BCUT2D eigenvalue weighted by Gasteiger charge is 2.49. The minimum absolute atomic E-state index is 0.00659. The van der Waals surface area contributed by atoms with E-state index in [-0.39, 0.29) is 53.8 Å².